The fraction of sp³-hybridized carbons (Fsp3) is 0.400. The number of piperidine rings is 1. The second-order valence-electron chi connectivity index (χ2n) is 6.94. The van der Waals surface area contributed by atoms with E-state index in [2.05, 4.69) is 16.1 Å². The van der Waals surface area contributed by atoms with Gasteiger partial charge in [-0.2, -0.15) is 0 Å². The van der Waals surface area contributed by atoms with Crippen LogP contribution >= 0.6 is 0 Å². The van der Waals surface area contributed by atoms with E-state index in [9.17, 15) is 4.79 Å². The van der Waals surface area contributed by atoms with Crippen LogP contribution in [-0.2, 0) is 13.6 Å². The second-order valence-corrected chi connectivity index (χ2v) is 6.94. The average Bonchev–Trinajstić information content (AvgIpc) is 3.06. The maximum atomic E-state index is 12.8. The predicted molar refractivity (Wildman–Crippen MR) is 97.4 cm³/mol. The number of rotatable bonds is 3. The Kier molecular flexibility index (Phi) is 4.17. The Labute approximate surface area is 146 Å². The van der Waals surface area contributed by atoms with E-state index < -0.39 is 0 Å². The maximum Gasteiger partial charge on any atom is 0.255 e. The zero-order valence-electron chi connectivity index (χ0n) is 14.7. The lowest BCUT2D eigenvalue weighted by atomic mass is 9.98. The molecule has 25 heavy (non-hydrogen) atoms. The van der Waals surface area contributed by atoms with E-state index in [1.807, 2.05) is 44.3 Å². The van der Waals surface area contributed by atoms with Crippen LogP contribution in [0.15, 0.2) is 45.7 Å². The molecule has 0 radical (unpaired) electrons. The molecule has 0 saturated carbocycles. The lowest BCUT2D eigenvalue weighted by Gasteiger charge is -2.34. The SMILES string of the molecule is Cc1cc([C@@H]2CCCCN2Cc2cc3ccccc3n(C)c2=O)no1. The lowest BCUT2D eigenvalue weighted by Crippen LogP contribution is -2.35. The number of likely N-dealkylation sites (tertiary alicyclic amines) is 1. The van der Waals surface area contributed by atoms with Gasteiger partial charge in [-0.25, -0.2) is 0 Å². The summed E-state index contributed by atoms with van der Waals surface area (Å²) in [6.07, 6.45) is 3.39. The largest absolute Gasteiger partial charge is 0.361 e. The Morgan fingerprint density at radius 3 is 2.88 bits per heavy atom. The van der Waals surface area contributed by atoms with Crippen molar-refractivity contribution in [2.45, 2.75) is 38.8 Å². The van der Waals surface area contributed by atoms with Gasteiger partial charge in [0.2, 0.25) is 0 Å². The molecule has 4 rings (SSSR count). The fourth-order valence-corrected chi connectivity index (χ4v) is 3.88. The van der Waals surface area contributed by atoms with Gasteiger partial charge in [-0.15, -0.1) is 0 Å². The summed E-state index contributed by atoms with van der Waals surface area (Å²) in [5, 5.41) is 5.32. The number of nitrogens with zero attached hydrogens (tertiary/aromatic N) is 3. The van der Waals surface area contributed by atoms with Gasteiger partial charge in [-0.3, -0.25) is 9.69 Å². The van der Waals surface area contributed by atoms with E-state index in [1.165, 1.54) is 6.42 Å². The molecule has 0 bridgehead atoms. The highest BCUT2D eigenvalue weighted by Gasteiger charge is 2.27. The minimum atomic E-state index is 0.0827. The van der Waals surface area contributed by atoms with Crippen LogP contribution < -0.4 is 5.56 Å². The fourth-order valence-electron chi connectivity index (χ4n) is 3.88. The van der Waals surface area contributed by atoms with Gasteiger partial charge in [0, 0.05) is 25.2 Å². The number of hydrogen-bond acceptors (Lipinski definition) is 4. The van der Waals surface area contributed by atoms with Gasteiger partial charge in [-0.1, -0.05) is 29.8 Å². The summed E-state index contributed by atoms with van der Waals surface area (Å²) >= 11 is 0. The molecule has 2 aromatic heterocycles. The highest BCUT2D eigenvalue weighted by Crippen LogP contribution is 2.31. The quantitative estimate of drug-likeness (QED) is 0.733. The zero-order chi connectivity index (χ0) is 17.4. The number of pyridine rings is 1. The first-order chi connectivity index (χ1) is 12.1. The normalized spacial score (nSPS) is 18.7. The third kappa shape index (κ3) is 3.00. The second kappa shape index (κ2) is 6.48. The summed E-state index contributed by atoms with van der Waals surface area (Å²) in [5.74, 6) is 0.835. The molecule has 0 aliphatic carbocycles. The minimum Gasteiger partial charge on any atom is -0.361 e. The molecule has 0 spiro atoms. The Bertz CT molecular complexity index is 957. The Balaban J connectivity index is 1.69. The van der Waals surface area contributed by atoms with Crippen LogP contribution in [0.2, 0.25) is 0 Å². The topological polar surface area (TPSA) is 51.3 Å². The van der Waals surface area contributed by atoms with Gasteiger partial charge in [0.05, 0.1) is 11.6 Å². The first-order valence-corrected chi connectivity index (χ1v) is 8.88. The van der Waals surface area contributed by atoms with Crippen molar-refractivity contribution in [1.29, 1.82) is 0 Å². The first kappa shape index (κ1) is 16.1. The van der Waals surface area contributed by atoms with Crippen molar-refractivity contribution in [3.8, 4) is 0 Å². The Morgan fingerprint density at radius 1 is 1.24 bits per heavy atom. The first-order valence-electron chi connectivity index (χ1n) is 8.88. The molecule has 3 aromatic rings. The van der Waals surface area contributed by atoms with E-state index in [0.717, 1.165) is 47.3 Å². The van der Waals surface area contributed by atoms with Crippen molar-refractivity contribution in [3.63, 3.8) is 0 Å². The molecule has 5 heteroatoms. The van der Waals surface area contributed by atoms with E-state index >= 15 is 0 Å². The predicted octanol–water partition coefficient (Wildman–Crippen LogP) is 3.56. The molecule has 0 unspecified atom stereocenters. The van der Waals surface area contributed by atoms with Gasteiger partial charge in [-0.05, 0) is 43.8 Å². The van der Waals surface area contributed by atoms with E-state index in [0.29, 0.717) is 6.54 Å². The van der Waals surface area contributed by atoms with E-state index in [4.69, 9.17) is 4.52 Å². The maximum absolute atomic E-state index is 12.8. The molecular weight excluding hydrogens is 314 g/mol. The molecule has 1 aromatic carbocycles. The van der Waals surface area contributed by atoms with Crippen molar-refractivity contribution in [1.82, 2.24) is 14.6 Å². The molecule has 130 valence electrons. The number of hydrogen-bond donors (Lipinski definition) is 0. The van der Waals surface area contributed by atoms with Crippen LogP contribution in [0.5, 0.6) is 0 Å². The van der Waals surface area contributed by atoms with Gasteiger partial charge < -0.3 is 9.09 Å². The molecule has 3 heterocycles. The summed E-state index contributed by atoms with van der Waals surface area (Å²) in [5.41, 5.74) is 2.88. The van der Waals surface area contributed by atoms with Crippen LogP contribution in [0.1, 0.15) is 42.3 Å². The Hall–Kier alpha value is -2.40. The van der Waals surface area contributed by atoms with Gasteiger partial charge in [0.1, 0.15) is 11.5 Å². The Morgan fingerprint density at radius 2 is 2.08 bits per heavy atom. The zero-order valence-corrected chi connectivity index (χ0v) is 14.7. The molecule has 0 N–H and O–H groups in total. The molecule has 1 aliphatic rings. The molecular formula is C20H23N3O2. The van der Waals surface area contributed by atoms with E-state index in [1.54, 1.807) is 4.57 Å². The molecule has 1 fully saturated rings. The summed E-state index contributed by atoms with van der Waals surface area (Å²) < 4.78 is 7.03. The van der Waals surface area contributed by atoms with Crippen molar-refractivity contribution >= 4 is 10.9 Å². The molecule has 1 saturated heterocycles. The van der Waals surface area contributed by atoms with Crippen molar-refractivity contribution in [3.05, 3.63) is 63.8 Å². The van der Waals surface area contributed by atoms with Crippen LogP contribution in [0.3, 0.4) is 0 Å². The van der Waals surface area contributed by atoms with Crippen LogP contribution in [-0.4, -0.2) is 21.2 Å². The van der Waals surface area contributed by atoms with Crippen LogP contribution in [0.25, 0.3) is 10.9 Å². The summed E-state index contributed by atoms with van der Waals surface area (Å²) in [6, 6.07) is 12.3. The smallest absolute Gasteiger partial charge is 0.255 e. The van der Waals surface area contributed by atoms with Gasteiger partial charge >= 0.3 is 0 Å². The minimum absolute atomic E-state index is 0.0827. The van der Waals surface area contributed by atoms with E-state index in [-0.39, 0.29) is 11.6 Å². The third-order valence-corrected chi connectivity index (χ3v) is 5.18. The average molecular weight is 337 g/mol. The molecule has 1 aliphatic heterocycles. The lowest BCUT2D eigenvalue weighted by molar-refractivity contribution is 0.133. The number of para-hydroxylation sites is 1. The highest BCUT2D eigenvalue weighted by atomic mass is 16.5. The van der Waals surface area contributed by atoms with Crippen LogP contribution in [0, 0.1) is 6.92 Å². The number of fused-ring (bicyclic) bond motifs is 1. The van der Waals surface area contributed by atoms with Gasteiger partial charge in [0.25, 0.3) is 5.56 Å². The van der Waals surface area contributed by atoms with Crippen molar-refractivity contribution < 1.29 is 4.52 Å². The van der Waals surface area contributed by atoms with Crippen molar-refractivity contribution in [2.75, 3.05) is 6.54 Å². The summed E-state index contributed by atoms with van der Waals surface area (Å²) in [4.78, 5) is 15.2. The monoisotopic (exact) mass is 337 g/mol. The third-order valence-electron chi connectivity index (χ3n) is 5.18. The number of aromatic nitrogens is 2. The highest BCUT2D eigenvalue weighted by molar-refractivity contribution is 5.79. The summed E-state index contributed by atoms with van der Waals surface area (Å²) in [6.45, 7) is 3.55. The number of benzene rings is 1. The molecule has 0 amide bonds. The van der Waals surface area contributed by atoms with Crippen molar-refractivity contribution in [2.24, 2.45) is 7.05 Å². The van der Waals surface area contributed by atoms with Gasteiger partial charge in [0.15, 0.2) is 0 Å². The van der Waals surface area contributed by atoms with Crippen LogP contribution in [0.4, 0.5) is 0 Å². The molecule has 5 nitrogen and oxygen atoms in total. The standard InChI is InChI=1S/C20H23N3O2/c1-14-11-17(21-25-14)19-9-5-6-10-23(19)13-16-12-15-7-3-4-8-18(15)22(2)20(16)24/h3-4,7-8,11-12,19H,5-6,9-10,13H2,1-2H3/t19-/m0/s1. The number of aryl methyl sites for hydroxylation is 2. The summed E-state index contributed by atoms with van der Waals surface area (Å²) in [7, 11) is 1.85. The molecule has 1 atom stereocenters.